The number of hydrogen-bond donors (Lipinski definition) is 2. The number of rotatable bonds is 5. The van der Waals surface area contributed by atoms with Gasteiger partial charge in [0, 0.05) is 6.42 Å². The first-order valence-electron chi connectivity index (χ1n) is 6.71. The van der Waals surface area contributed by atoms with Crippen LogP contribution in [-0.4, -0.2) is 22.5 Å². The van der Waals surface area contributed by atoms with Gasteiger partial charge in [-0.3, -0.25) is 4.79 Å². The van der Waals surface area contributed by atoms with Crippen LogP contribution in [0.25, 0.3) is 0 Å². The smallest absolute Gasteiger partial charge is 0.329 e. The fourth-order valence-electron chi connectivity index (χ4n) is 2.62. The standard InChI is InChI=1S/C14H19NO4/c1-2-5-11-10(6-9-19-11)12(16)15-14(13(17)18)7-3-4-8-14/h6,9H,2-5,7-8H2,1H3,(H,15,16)(H,17,18). The van der Waals surface area contributed by atoms with Gasteiger partial charge in [-0.25, -0.2) is 4.79 Å². The molecule has 5 heteroatoms. The molecule has 1 aliphatic rings. The predicted molar refractivity (Wildman–Crippen MR) is 69.0 cm³/mol. The lowest BCUT2D eigenvalue weighted by Crippen LogP contribution is -2.52. The molecule has 1 aliphatic carbocycles. The normalized spacial score (nSPS) is 17.3. The predicted octanol–water partition coefficient (Wildman–Crippen LogP) is 2.36. The molecule has 0 saturated heterocycles. The van der Waals surface area contributed by atoms with E-state index < -0.39 is 11.5 Å². The van der Waals surface area contributed by atoms with E-state index in [1.807, 2.05) is 6.92 Å². The summed E-state index contributed by atoms with van der Waals surface area (Å²) in [7, 11) is 0. The van der Waals surface area contributed by atoms with Crippen LogP contribution in [0.5, 0.6) is 0 Å². The summed E-state index contributed by atoms with van der Waals surface area (Å²) in [5.74, 6) is -0.668. The Bertz CT molecular complexity index is 472. The molecule has 2 rings (SSSR count). The van der Waals surface area contributed by atoms with Gasteiger partial charge in [0.25, 0.3) is 5.91 Å². The van der Waals surface area contributed by atoms with Crippen molar-refractivity contribution in [2.75, 3.05) is 0 Å². The zero-order valence-electron chi connectivity index (χ0n) is 11.1. The van der Waals surface area contributed by atoms with Gasteiger partial charge in [0.15, 0.2) is 0 Å². The van der Waals surface area contributed by atoms with E-state index in [2.05, 4.69) is 5.32 Å². The number of aliphatic carboxylic acids is 1. The third-order valence-electron chi connectivity index (χ3n) is 3.69. The molecule has 0 aliphatic heterocycles. The van der Waals surface area contributed by atoms with Gasteiger partial charge >= 0.3 is 5.97 Å². The summed E-state index contributed by atoms with van der Waals surface area (Å²) in [5, 5.41) is 12.0. The van der Waals surface area contributed by atoms with E-state index in [0.29, 0.717) is 30.6 Å². The van der Waals surface area contributed by atoms with Gasteiger partial charge in [-0.15, -0.1) is 0 Å². The monoisotopic (exact) mass is 265 g/mol. The second-order valence-electron chi connectivity index (χ2n) is 5.06. The van der Waals surface area contributed by atoms with E-state index in [9.17, 15) is 14.7 Å². The van der Waals surface area contributed by atoms with Crippen molar-refractivity contribution in [1.82, 2.24) is 5.32 Å². The molecule has 1 aromatic rings. The van der Waals surface area contributed by atoms with Crippen molar-refractivity contribution in [3.8, 4) is 0 Å². The number of carbonyl (C=O) groups is 2. The topological polar surface area (TPSA) is 79.5 Å². The maximum atomic E-state index is 12.2. The van der Waals surface area contributed by atoms with Crippen LogP contribution < -0.4 is 5.32 Å². The summed E-state index contributed by atoms with van der Waals surface area (Å²) in [6, 6.07) is 1.60. The number of hydrogen-bond acceptors (Lipinski definition) is 3. The third kappa shape index (κ3) is 2.64. The largest absolute Gasteiger partial charge is 0.480 e. The number of aryl methyl sites for hydroxylation is 1. The highest BCUT2D eigenvalue weighted by Crippen LogP contribution is 2.30. The number of nitrogens with one attached hydrogen (secondary N) is 1. The minimum atomic E-state index is -1.10. The fraction of sp³-hybridized carbons (Fsp3) is 0.571. The van der Waals surface area contributed by atoms with E-state index >= 15 is 0 Å². The van der Waals surface area contributed by atoms with Crippen LogP contribution in [0.15, 0.2) is 16.7 Å². The Labute approximate surface area is 112 Å². The lowest BCUT2D eigenvalue weighted by Gasteiger charge is -2.25. The summed E-state index contributed by atoms with van der Waals surface area (Å²) in [5.41, 5.74) is -0.646. The van der Waals surface area contributed by atoms with Crippen molar-refractivity contribution in [1.29, 1.82) is 0 Å². The summed E-state index contributed by atoms with van der Waals surface area (Å²) < 4.78 is 5.28. The molecule has 2 N–H and O–H groups in total. The van der Waals surface area contributed by atoms with Crippen LogP contribution in [0.1, 0.15) is 55.1 Å². The molecule has 104 valence electrons. The molecule has 1 fully saturated rings. The summed E-state index contributed by atoms with van der Waals surface area (Å²) >= 11 is 0. The quantitative estimate of drug-likeness (QED) is 0.856. The first-order valence-corrected chi connectivity index (χ1v) is 6.71. The Morgan fingerprint density at radius 1 is 1.42 bits per heavy atom. The Balaban J connectivity index is 2.15. The minimum Gasteiger partial charge on any atom is -0.480 e. The van der Waals surface area contributed by atoms with E-state index in [1.165, 1.54) is 6.26 Å². The molecule has 0 radical (unpaired) electrons. The molecule has 1 aromatic heterocycles. The second kappa shape index (κ2) is 5.47. The average molecular weight is 265 g/mol. The van der Waals surface area contributed by atoms with Crippen LogP contribution >= 0.6 is 0 Å². The molecular formula is C14H19NO4. The Hall–Kier alpha value is -1.78. The fourth-order valence-corrected chi connectivity index (χ4v) is 2.62. The molecule has 0 aromatic carbocycles. The number of amides is 1. The van der Waals surface area contributed by atoms with Crippen LogP contribution in [0.4, 0.5) is 0 Å². The van der Waals surface area contributed by atoms with Crippen molar-refractivity contribution in [3.05, 3.63) is 23.7 Å². The highest BCUT2D eigenvalue weighted by molar-refractivity contribution is 5.98. The van der Waals surface area contributed by atoms with Gasteiger partial charge in [-0.1, -0.05) is 19.8 Å². The number of carbonyl (C=O) groups excluding carboxylic acids is 1. The average Bonchev–Trinajstić information content (AvgIpc) is 2.99. The molecule has 0 bridgehead atoms. The first-order chi connectivity index (χ1) is 9.09. The van der Waals surface area contributed by atoms with Gasteiger partial charge in [-0.2, -0.15) is 0 Å². The van der Waals surface area contributed by atoms with Gasteiger partial charge < -0.3 is 14.8 Å². The van der Waals surface area contributed by atoms with Crippen LogP contribution in [0, 0.1) is 0 Å². The molecular weight excluding hydrogens is 246 g/mol. The zero-order valence-corrected chi connectivity index (χ0v) is 11.1. The maximum absolute atomic E-state index is 12.2. The van der Waals surface area contributed by atoms with E-state index in [0.717, 1.165) is 19.3 Å². The summed E-state index contributed by atoms with van der Waals surface area (Å²) in [6.07, 6.45) is 5.68. The van der Waals surface area contributed by atoms with Crippen molar-refractivity contribution in [2.24, 2.45) is 0 Å². The van der Waals surface area contributed by atoms with Gasteiger partial charge in [-0.05, 0) is 25.3 Å². The van der Waals surface area contributed by atoms with E-state index in [4.69, 9.17) is 4.42 Å². The van der Waals surface area contributed by atoms with E-state index in [-0.39, 0.29) is 5.91 Å². The highest BCUT2D eigenvalue weighted by Gasteiger charge is 2.43. The molecule has 19 heavy (non-hydrogen) atoms. The molecule has 5 nitrogen and oxygen atoms in total. The Morgan fingerprint density at radius 3 is 2.68 bits per heavy atom. The molecule has 0 unspecified atom stereocenters. The van der Waals surface area contributed by atoms with Crippen molar-refractivity contribution < 1.29 is 19.1 Å². The van der Waals surface area contributed by atoms with Gasteiger partial charge in [0.1, 0.15) is 11.3 Å². The highest BCUT2D eigenvalue weighted by atomic mass is 16.4. The molecule has 1 saturated carbocycles. The maximum Gasteiger partial charge on any atom is 0.329 e. The SMILES string of the molecule is CCCc1occc1C(=O)NC1(C(=O)O)CCCC1. The van der Waals surface area contributed by atoms with Crippen molar-refractivity contribution >= 4 is 11.9 Å². The van der Waals surface area contributed by atoms with Crippen molar-refractivity contribution in [2.45, 2.75) is 51.0 Å². The van der Waals surface area contributed by atoms with Crippen LogP contribution in [-0.2, 0) is 11.2 Å². The van der Waals surface area contributed by atoms with Crippen molar-refractivity contribution in [3.63, 3.8) is 0 Å². The Morgan fingerprint density at radius 2 is 2.11 bits per heavy atom. The lowest BCUT2D eigenvalue weighted by atomic mass is 9.97. The lowest BCUT2D eigenvalue weighted by molar-refractivity contribution is -0.144. The molecule has 0 spiro atoms. The molecule has 1 heterocycles. The van der Waals surface area contributed by atoms with Gasteiger partial charge in [0.2, 0.25) is 0 Å². The minimum absolute atomic E-state index is 0.346. The summed E-state index contributed by atoms with van der Waals surface area (Å²) in [4.78, 5) is 23.6. The Kier molecular flexibility index (Phi) is 3.93. The van der Waals surface area contributed by atoms with Gasteiger partial charge in [0.05, 0.1) is 11.8 Å². The zero-order chi connectivity index (χ0) is 13.9. The molecule has 0 atom stereocenters. The van der Waals surface area contributed by atoms with Crippen LogP contribution in [0.3, 0.4) is 0 Å². The van der Waals surface area contributed by atoms with Crippen LogP contribution in [0.2, 0.25) is 0 Å². The first kappa shape index (κ1) is 13.6. The third-order valence-corrected chi connectivity index (χ3v) is 3.69. The summed E-state index contributed by atoms with van der Waals surface area (Å²) in [6.45, 7) is 2.00. The second-order valence-corrected chi connectivity index (χ2v) is 5.06. The molecule has 1 amide bonds. The number of carboxylic acids is 1. The number of carboxylic acid groups (broad SMARTS) is 1. The van der Waals surface area contributed by atoms with E-state index in [1.54, 1.807) is 6.07 Å². The number of furan rings is 1.